The maximum atomic E-state index is 15.8. The van der Waals surface area contributed by atoms with Gasteiger partial charge in [0, 0.05) is 48.5 Å². The van der Waals surface area contributed by atoms with Crippen LogP contribution in [0.4, 0.5) is 0 Å². The molecule has 25 atom stereocenters. The van der Waals surface area contributed by atoms with Gasteiger partial charge in [0.05, 0.1) is 86.7 Å². The standard InChI is InChI=1S/C109H119N3O37Si/c1-59(113)130-56-81-88(135-61(3)115)92(137-63(5)117)84(111-100(123)74-42-28-29-43-75(74)101(111)124)105(143-81)146-90-80(55-129-51-67-34-20-15-21-35-67)145-108(97(95(90)133-53-69-38-24-17-25-39-69)149-106-85(112-102(125)76-44-30-31-45-77(76)103(112)126)93(138-64(6)118)89(136-62(4)116)82(144-106)57-131-60(2)114)148-94-86(120)78(58-134-150(12,13)109(8,9)10)141-107(96(94)139-65(7)119)147-87-79(54-128-50-66-32-18-14-19-33-66)142-104(140-71-48-46-70(127-11)47-49-71)83(91(87)132-52-68-36-22-16-23-37-68)110-98(121)72-40-26-27-41-73(72)99(110)122/h14-49,78-97,104-108,120H,50-58H2,1-13H3. The van der Waals surface area contributed by atoms with Gasteiger partial charge >= 0.3 is 41.8 Å². The SMILES string of the molecule is COc1ccc(OC2OC(COCc3ccccc3)C(OC3OC(CO[Si](C)(C)C(C)(C)C)C(O)C(OC4OC(COCc5ccccc5)C(OC5OC(COC(C)=O)C(OC(C)=O)C(OC(C)=O)C5N5C(=O)c6ccccc6C5=O)C(OCc5ccccc5)C4OC4OC(COC(C)=O)C(OC(C)=O)C(OC(C)=O)C4N4C(=O)c5ccccc5C4=O)C3OC(C)=O)C(OCc3ccccc3)C2N2C(=O)c3ccccc3C2=O)cc1. The molecule has 0 spiro atoms. The van der Waals surface area contributed by atoms with Crippen molar-refractivity contribution < 1.29 is 176 Å². The number of nitrogens with zero attached hydrogens (tertiary/aromatic N) is 3. The van der Waals surface area contributed by atoms with E-state index in [-0.39, 0.29) is 59.0 Å². The fourth-order valence-corrected chi connectivity index (χ4v) is 20.2. The van der Waals surface area contributed by atoms with Crippen LogP contribution < -0.4 is 9.47 Å². The second-order valence-corrected chi connectivity index (χ2v) is 43.3. The second kappa shape index (κ2) is 48.3. The van der Waals surface area contributed by atoms with Crippen LogP contribution in [0.25, 0.3) is 0 Å². The van der Waals surface area contributed by atoms with Crippen LogP contribution in [0.2, 0.25) is 18.1 Å². The molecule has 8 aliphatic heterocycles. The quantitative estimate of drug-likeness (QED) is 0.0161. The molecule has 25 unspecified atom stereocenters. The summed E-state index contributed by atoms with van der Waals surface area (Å²) in [6.07, 6.45) is -44.7. The van der Waals surface area contributed by atoms with Gasteiger partial charge in [-0.2, -0.15) is 0 Å². The molecule has 796 valence electrons. The largest absolute Gasteiger partial charge is 0.497 e. The molecule has 40 nitrogen and oxygen atoms in total. The molecule has 41 heteroatoms. The number of benzene rings is 8. The third-order valence-corrected chi connectivity index (χ3v) is 31.6. The Hall–Kier alpha value is -13.3. The predicted molar refractivity (Wildman–Crippen MR) is 521 cm³/mol. The average Bonchev–Trinajstić information content (AvgIpc) is 1.39. The average molecular weight is 2090 g/mol. The minimum absolute atomic E-state index is 0.00310. The number of aliphatic hydroxyl groups excluding tert-OH is 1. The Balaban J connectivity index is 0.931. The van der Waals surface area contributed by atoms with E-state index >= 15 is 33.6 Å². The van der Waals surface area contributed by atoms with Crippen molar-refractivity contribution >= 4 is 85.5 Å². The number of carbonyl (C=O) groups excluding carboxylic acids is 13. The molecule has 0 bridgehead atoms. The zero-order valence-corrected chi connectivity index (χ0v) is 85.6. The van der Waals surface area contributed by atoms with Gasteiger partial charge < -0.3 is 114 Å². The lowest BCUT2D eigenvalue weighted by Gasteiger charge is -2.53. The summed E-state index contributed by atoms with van der Waals surface area (Å²) in [5, 5.41) is 13.6. The first-order valence-corrected chi connectivity index (χ1v) is 51.9. The Kier molecular flexibility index (Phi) is 35.2. The first-order chi connectivity index (χ1) is 71.9. The number of carbonyl (C=O) groups is 13. The highest BCUT2D eigenvalue weighted by Crippen LogP contribution is 2.47. The molecule has 0 radical (unpaired) electrons. The number of rotatable bonds is 40. The van der Waals surface area contributed by atoms with Crippen molar-refractivity contribution in [1.82, 2.24) is 14.7 Å². The molecule has 150 heavy (non-hydrogen) atoms. The molecule has 5 saturated heterocycles. The van der Waals surface area contributed by atoms with Crippen LogP contribution in [-0.2, 0) is 159 Å². The number of imide groups is 3. The van der Waals surface area contributed by atoms with Crippen molar-refractivity contribution in [3.05, 3.63) is 274 Å². The van der Waals surface area contributed by atoms with Crippen LogP contribution in [0.15, 0.2) is 218 Å². The van der Waals surface area contributed by atoms with Gasteiger partial charge in [-0.1, -0.05) is 178 Å². The van der Waals surface area contributed by atoms with Gasteiger partial charge in [0.1, 0.15) is 116 Å². The van der Waals surface area contributed by atoms with E-state index in [2.05, 4.69) is 0 Å². The van der Waals surface area contributed by atoms with Gasteiger partial charge in [-0.15, -0.1) is 0 Å². The lowest BCUT2D eigenvalue weighted by atomic mass is 9.92. The predicted octanol–water partition coefficient (Wildman–Crippen LogP) is 10.0. The molecule has 0 aromatic heterocycles. The Morgan fingerprint density at radius 2 is 0.600 bits per heavy atom. The van der Waals surface area contributed by atoms with Crippen molar-refractivity contribution in [3.8, 4) is 11.5 Å². The molecule has 8 heterocycles. The van der Waals surface area contributed by atoms with E-state index in [9.17, 15) is 33.9 Å². The van der Waals surface area contributed by atoms with Crippen LogP contribution in [0, 0.1) is 0 Å². The number of esters is 7. The summed E-state index contributed by atoms with van der Waals surface area (Å²) in [6.45, 7) is 12.1. The van der Waals surface area contributed by atoms with Crippen molar-refractivity contribution in [1.29, 1.82) is 0 Å². The number of fused-ring (bicyclic) bond motifs is 3. The third-order valence-electron chi connectivity index (χ3n) is 27.1. The van der Waals surface area contributed by atoms with Gasteiger partial charge in [-0.25, -0.2) is 0 Å². The Bertz CT molecular complexity index is 6060. The summed E-state index contributed by atoms with van der Waals surface area (Å²) in [5.74, 6) is -12.6. The van der Waals surface area contributed by atoms with Gasteiger partial charge in [0.15, 0.2) is 64.0 Å². The summed E-state index contributed by atoms with van der Waals surface area (Å²) in [6, 6.07) is 52.6. The van der Waals surface area contributed by atoms with Gasteiger partial charge in [-0.3, -0.25) is 77.0 Å². The molecule has 6 amide bonds. The number of methoxy groups -OCH3 is 1. The topological polar surface area (TPSA) is 464 Å². The van der Waals surface area contributed by atoms with Crippen molar-refractivity contribution in [3.63, 3.8) is 0 Å². The van der Waals surface area contributed by atoms with Crippen LogP contribution in [-0.4, -0.2) is 299 Å². The van der Waals surface area contributed by atoms with Crippen LogP contribution >= 0.6 is 0 Å². The minimum atomic E-state index is -3.10. The molecule has 0 saturated carbocycles. The van der Waals surface area contributed by atoms with E-state index in [0.717, 1.165) is 53.4 Å². The fraction of sp³-hybridized carbons (Fsp3) is 0.440. The summed E-state index contributed by atoms with van der Waals surface area (Å²) in [4.78, 5) is 194. The highest BCUT2D eigenvalue weighted by molar-refractivity contribution is 6.74. The molecule has 8 aromatic carbocycles. The monoisotopic (exact) mass is 2090 g/mol. The molecule has 1 N–H and O–H groups in total. The molecule has 16 rings (SSSR count). The van der Waals surface area contributed by atoms with E-state index in [1.54, 1.807) is 140 Å². The number of hydrogen-bond acceptors (Lipinski definition) is 37. The maximum Gasteiger partial charge on any atom is 0.303 e. The Labute approximate surface area is 864 Å². The van der Waals surface area contributed by atoms with E-state index in [1.165, 1.54) is 67.8 Å². The van der Waals surface area contributed by atoms with Crippen LogP contribution in [0.1, 0.15) is 154 Å². The number of aliphatic hydroxyl groups is 1. The van der Waals surface area contributed by atoms with Crippen molar-refractivity contribution in [2.45, 2.75) is 267 Å². The highest BCUT2D eigenvalue weighted by Gasteiger charge is 2.66. The molecular formula is C109H119N3O37Si. The maximum absolute atomic E-state index is 15.8. The van der Waals surface area contributed by atoms with Crippen molar-refractivity contribution in [2.24, 2.45) is 0 Å². The van der Waals surface area contributed by atoms with Gasteiger partial charge in [0.2, 0.25) is 6.29 Å². The fourth-order valence-electron chi connectivity index (χ4n) is 19.1. The zero-order chi connectivity index (χ0) is 107. The molecule has 0 aliphatic carbocycles. The lowest BCUT2D eigenvalue weighted by molar-refractivity contribution is -0.404. The molecule has 5 fully saturated rings. The number of ether oxygens (including phenoxy) is 22. The number of amides is 6. The zero-order valence-electron chi connectivity index (χ0n) is 84.6. The first-order valence-electron chi connectivity index (χ1n) is 49.0. The minimum Gasteiger partial charge on any atom is -0.497 e. The molecular weight excluding hydrogens is 1970 g/mol. The summed E-state index contributed by atoms with van der Waals surface area (Å²) in [5.41, 5.74) is 1.40. The van der Waals surface area contributed by atoms with Gasteiger partial charge in [0.25, 0.3) is 35.4 Å². The van der Waals surface area contributed by atoms with E-state index in [0.29, 0.717) is 37.8 Å². The van der Waals surface area contributed by atoms with Crippen molar-refractivity contribution in [2.75, 3.05) is 40.1 Å². The molecule has 8 aliphatic rings. The van der Waals surface area contributed by atoms with Crippen LogP contribution in [0.5, 0.6) is 11.5 Å². The van der Waals surface area contributed by atoms with Gasteiger partial charge in [-0.05, 0) is 101 Å². The highest BCUT2D eigenvalue weighted by atomic mass is 28.4. The van der Waals surface area contributed by atoms with E-state index in [1.807, 2.05) is 52.1 Å². The Morgan fingerprint density at radius 3 is 0.973 bits per heavy atom. The summed E-state index contributed by atoms with van der Waals surface area (Å²) in [7, 11) is -1.63. The third kappa shape index (κ3) is 24.9. The Morgan fingerprint density at radius 1 is 0.307 bits per heavy atom. The smallest absolute Gasteiger partial charge is 0.303 e. The molecule has 8 aromatic rings. The first kappa shape index (κ1) is 109. The number of hydrogen-bond donors (Lipinski definition) is 1. The summed E-state index contributed by atoms with van der Waals surface area (Å²) >= 11 is 0. The lowest BCUT2D eigenvalue weighted by Crippen LogP contribution is -2.72. The van der Waals surface area contributed by atoms with E-state index in [4.69, 9.17) is 109 Å². The van der Waals surface area contributed by atoms with E-state index < -0.39 is 284 Å². The summed E-state index contributed by atoms with van der Waals surface area (Å²) < 4.78 is 157. The second-order valence-electron chi connectivity index (χ2n) is 38.5. The van der Waals surface area contributed by atoms with Crippen LogP contribution in [0.3, 0.4) is 0 Å². The normalized spacial score (nSPS) is 28.2.